The quantitative estimate of drug-likeness (QED) is 0.858. The molecule has 1 saturated heterocycles. The molecule has 110 valence electrons. The van der Waals surface area contributed by atoms with E-state index in [0.717, 1.165) is 31.1 Å². The van der Waals surface area contributed by atoms with Crippen LogP contribution in [0.15, 0.2) is 43.0 Å². The van der Waals surface area contributed by atoms with Crippen LogP contribution < -0.4 is 4.90 Å². The largest absolute Gasteiger partial charge is 0.355 e. The Morgan fingerprint density at radius 1 is 1.24 bits per heavy atom. The molecule has 0 bridgehead atoms. The Hall–Kier alpha value is -2.01. The molecule has 1 aliphatic heterocycles. The minimum Gasteiger partial charge on any atom is -0.355 e. The highest BCUT2D eigenvalue weighted by Gasteiger charge is 2.24. The second kappa shape index (κ2) is 6.63. The van der Waals surface area contributed by atoms with Crippen LogP contribution in [0.25, 0.3) is 0 Å². The summed E-state index contributed by atoms with van der Waals surface area (Å²) >= 11 is 0. The summed E-state index contributed by atoms with van der Waals surface area (Å²) in [6.45, 7) is 2.95. The van der Waals surface area contributed by atoms with Crippen LogP contribution in [0.2, 0.25) is 0 Å². The van der Waals surface area contributed by atoms with Crippen LogP contribution in [0.1, 0.15) is 18.5 Å². The number of piperidine rings is 1. The summed E-state index contributed by atoms with van der Waals surface area (Å²) in [4.78, 5) is 17.7. The average molecular weight is 283 g/mol. The van der Waals surface area contributed by atoms with Gasteiger partial charge in [0.25, 0.3) is 0 Å². The molecular weight excluding hydrogens is 262 g/mol. The summed E-state index contributed by atoms with van der Waals surface area (Å²) in [6, 6.07) is 6.63. The molecule has 5 heteroatoms. The number of pyridine rings is 1. The van der Waals surface area contributed by atoms with E-state index in [0.29, 0.717) is 6.04 Å². The molecule has 3 rings (SSSR count). The van der Waals surface area contributed by atoms with Gasteiger partial charge >= 0.3 is 0 Å². The number of nitrogens with zero attached hydrogens (tertiary/aromatic N) is 5. The Kier molecular flexibility index (Phi) is 4.40. The van der Waals surface area contributed by atoms with Crippen LogP contribution in [0, 0.1) is 0 Å². The summed E-state index contributed by atoms with van der Waals surface area (Å²) in [6.07, 6.45) is 9.60. The van der Waals surface area contributed by atoms with Crippen LogP contribution >= 0.6 is 0 Å². The van der Waals surface area contributed by atoms with Gasteiger partial charge in [0.15, 0.2) is 0 Å². The maximum atomic E-state index is 4.47. The van der Waals surface area contributed by atoms with Crippen molar-refractivity contribution in [1.82, 2.24) is 19.9 Å². The molecule has 0 aliphatic carbocycles. The van der Waals surface area contributed by atoms with E-state index in [9.17, 15) is 0 Å². The first-order valence-electron chi connectivity index (χ1n) is 7.44. The van der Waals surface area contributed by atoms with Crippen molar-refractivity contribution in [3.63, 3.8) is 0 Å². The first kappa shape index (κ1) is 13.9. The SMILES string of the molecule is CN(Cc1cnccn1)[C@H]1CCCN(c2ccccn2)C1. The third-order valence-corrected chi connectivity index (χ3v) is 4.02. The molecule has 0 amide bonds. The van der Waals surface area contributed by atoms with Crippen molar-refractivity contribution in [3.8, 4) is 0 Å². The predicted octanol–water partition coefficient (Wildman–Crippen LogP) is 1.97. The molecule has 5 nitrogen and oxygen atoms in total. The van der Waals surface area contributed by atoms with Crippen LogP contribution in [0.4, 0.5) is 5.82 Å². The van der Waals surface area contributed by atoms with E-state index < -0.39 is 0 Å². The zero-order valence-electron chi connectivity index (χ0n) is 12.4. The van der Waals surface area contributed by atoms with E-state index >= 15 is 0 Å². The third-order valence-electron chi connectivity index (χ3n) is 4.02. The Bertz CT molecular complexity index is 545. The number of aromatic nitrogens is 3. The summed E-state index contributed by atoms with van der Waals surface area (Å²) in [7, 11) is 2.17. The fraction of sp³-hybridized carbons (Fsp3) is 0.438. The molecule has 21 heavy (non-hydrogen) atoms. The fourth-order valence-electron chi connectivity index (χ4n) is 2.86. The van der Waals surface area contributed by atoms with Crippen molar-refractivity contribution < 1.29 is 0 Å². The van der Waals surface area contributed by atoms with E-state index in [1.165, 1.54) is 12.8 Å². The molecule has 2 aromatic heterocycles. The maximum Gasteiger partial charge on any atom is 0.128 e. The topological polar surface area (TPSA) is 45.2 Å². The van der Waals surface area contributed by atoms with Crippen molar-refractivity contribution in [2.75, 3.05) is 25.0 Å². The van der Waals surface area contributed by atoms with Crippen LogP contribution in [-0.4, -0.2) is 46.0 Å². The minimum absolute atomic E-state index is 0.530. The molecular formula is C16H21N5. The van der Waals surface area contributed by atoms with E-state index in [4.69, 9.17) is 0 Å². The van der Waals surface area contributed by atoms with Gasteiger partial charge in [0, 0.05) is 50.5 Å². The van der Waals surface area contributed by atoms with E-state index in [2.05, 4.69) is 43.9 Å². The minimum atomic E-state index is 0.530. The van der Waals surface area contributed by atoms with Crippen molar-refractivity contribution >= 4 is 5.82 Å². The maximum absolute atomic E-state index is 4.47. The zero-order chi connectivity index (χ0) is 14.5. The van der Waals surface area contributed by atoms with Gasteiger partial charge in [-0.3, -0.25) is 14.9 Å². The lowest BCUT2D eigenvalue weighted by molar-refractivity contribution is 0.205. The molecule has 0 unspecified atom stereocenters. The normalized spacial score (nSPS) is 19.0. The number of likely N-dealkylation sites (N-methyl/N-ethyl adjacent to an activating group) is 1. The Labute approximate surface area is 125 Å². The first-order valence-corrected chi connectivity index (χ1v) is 7.44. The summed E-state index contributed by atoms with van der Waals surface area (Å²) in [5.41, 5.74) is 1.02. The monoisotopic (exact) mass is 283 g/mol. The van der Waals surface area contributed by atoms with E-state index in [-0.39, 0.29) is 0 Å². The second-order valence-corrected chi connectivity index (χ2v) is 5.54. The lowest BCUT2D eigenvalue weighted by Gasteiger charge is -2.38. The second-order valence-electron chi connectivity index (χ2n) is 5.54. The smallest absolute Gasteiger partial charge is 0.128 e. The van der Waals surface area contributed by atoms with Gasteiger partial charge in [0.1, 0.15) is 5.82 Å². The molecule has 1 atom stereocenters. The van der Waals surface area contributed by atoms with Crippen molar-refractivity contribution in [1.29, 1.82) is 0 Å². The predicted molar refractivity (Wildman–Crippen MR) is 83.0 cm³/mol. The molecule has 1 aliphatic rings. The van der Waals surface area contributed by atoms with Gasteiger partial charge in [-0.25, -0.2) is 4.98 Å². The number of rotatable bonds is 4. The molecule has 0 spiro atoms. The molecule has 1 fully saturated rings. The van der Waals surface area contributed by atoms with Gasteiger partial charge in [-0.05, 0) is 32.0 Å². The average Bonchev–Trinajstić information content (AvgIpc) is 2.57. The van der Waals surface area contributed by atoms with Crippen LogP contribution in [0.3, 0.4) is 0 Å². The van der Waals surface area contributed by atoms with Gasteiger partial charge in [0.2, 0.25) is 0 Å². The van der Waals surface area contributed by atoms with Crippen LogP contribution in [-0.2, 0) is 6.54 Å². The number of anilines is 1. The Morgan fingerprint density at radius 2 is 2.19 bits per heavy atom. The highest BCUT2D eigenvalue weighted by atomic mass is 15.2. The summed E-state index contributed by atoms with van der Waals surface area (Å²) in [5.74, 6) is 1.08. The van der Waals surface area contributed by atoms with Gasteiger partial charge in [-0.2, -0.15) is 0 Å². The van der Waals surface area contributed by atoms with Gasteiger partial charge in [-0.1, -0.05) is 6.07 Å². The van der Waals surface area contributed by atoms with Crippen molar-refractivity contribution in [2.45, 2.75) is 25.4 Å². The summed E-state index contributed by atoms with van der Waals surface area (Å²) in [5, 5.41) is 0. The lowest BCUT2D eigenvalue weighted by atomic mass is 10.0. The Balaban J connectivity index is 1.63. The standard InChI is InChI=1S/C16H21N5/c1-20(12-14-11-17-8-9-18-14)15-5-4-10-21(13-15)16-6-2-3-7-19-16/h2-3,6-9,11,15H,4-5,10,12-13H2,1H3/t15-/m0/s1. The fourth-order valence-corrected chi connectivity index (χ4v) is 2.86. The van der Waals surface area contributed by atoms with E-state index in [1.807, 2.05) is 18.5 Å². The molecule has 0 aromatic carbocycles. The van der Waals surface area contributed by atoms with Gasteiger partial charge < -0.3 is 4.90 Å². The molecule has 0 saturated carbocycles. The number of hydrogen-bond acceptors (Lipinski definition) is 5. The third kappa shape index (κ3) is 3.55. The van der Waals surface area contributed by atoms with Crippen molar-refractivity contribution in [3.05, 3.63) is 48.7 Å². The molecule has 3 heterocycles. The molecule has 0 radical (unpaired) electrons. The van der Waals surface area contributed by atoms with Gasteiger partial charge in [0.05, 0.1) is 5.69 Å². The van der Waals surface area contributed by atoms with E-state index in [1.54, 1.807) is 12.4 Å². The summed E-state index contributed by atoms with van der Waals surface area (Å²) < 4.78 is 0. The zero-order valence-corrected chi connectivity index (χ0v) is 12.4. The van der Waals surface area contributed by atoms with Crippen LogP contribution in [0.5, 0.6) is 0 Å². The highest BCUT2D eigenvalue weighted by molar-refractivity contribution is 5.38. The highest BCUT2D eigenvalue weighted by Crippen LogP contribution is 2.20. The van der Waals surface area contributed by atoms with Gasteiger partial charge in [-0.15, -0.1) is 0 Å². The van der Waals surface area contributed by atoms with Crippen molar-refractivity contribution in [2.24, 2.45) is 0 Å². The number of hydrogen-bond donors (Lipinski definition) is 0. The Morgan fingerprint density at radius 3 is 2.95 bits per heavy atom. The lowest BCUT2D eigenvalue weighted by Crippen LogP contribution is -2.46. The molecule has 2 aromatic rings. The first-order chi connectivity index (χ1) is 10.3. The molecule has 0 N–H and O–H groups in total.